The number of hydrogen-bond donors (Lipinski definition) is 3. The van der Waals surface area contributed by atoms with Crippen LogP contribution in [-0.4, -0.2) is 90.3 Å². The summed E-state index contributed by atoms with van der Waals surface area (Å²) in [5, 5.41) is 7.47. The number of nitrogens with two attached hydrogens (primary N) is 1. The lowest BCUT2D eigenvalue weighted by molar-refractivity contribution is -0.129. The summed E-state index contributed by atoms with van der Waals surface area (Å²) in [4.78, 5) is 51.7. The summed E-state index contributed by atoms with van der Waals surface area (Å²) in [6, 6.07) is 3.84. The van der Waals surface area contributed by atoms with Crippen molar-refractivity contribution in [2.24, 2.45) is 10.1 Å². The molecule has 0 heterocycles. The van der Waals surface area contributed by atoms with Gasteiger partial charge < -0.3 is 15.1 Å². The molecule has 4 aliphatic carbocycles. The fraction of sp³-hybridized carbons (Fsp3) is 0.556. The lowest BCUT2D eigenvalue weighted by Crippen LogP contribution is -2.37. The molecule has 2 aromatic rings. The van der Waals surface area contributed by atoms with Gasteiger partial charge in [-0.2, -0.15) is 4.99 Å². The van der Waals surface area contributed by atoms with Gasteiger partial charge >= 0.3 is 6.03 Å². The molecule has 0 atom stereocenters. The van der Waals surface area contributed by atoms with Gasteiger partial charge in [0.2, 0.25) is 37.9 Å². The molecule has 0 aliphatic heterocycles. The third-order valence-corrected chi connectivity index (χ3v) is 11.8. The zero-order chi connectivity index (χ0) is 38.2. The minimum atomic E-state index is -3.87. The van der Waals surface area contributed by atoms with Crippen molar-refractivity contribution < 1.29 is 36.0 Å². The van der Waals surface area contributed by atoms with Crippen LogP contribution in [0.15, 0.2) is 17.1 Å². The van der Waals surface area contributed by atoms with E-state index in [0.717, 1.165) is 86.7 Å². The van der Waals surface area contributed by atoms with Gasteiger partial charge in [-0.1, -0.05) is 12.1 Å². The van der Waals surface area contributed by atoms with Crippen LogP contribution in [0.2, 0.25) is 0 Å². The standard InChI is InChI=1S/C18H25N3O4S.C13H13NO.C5H12N2O3S/c1-21(2)16(22)9-10-26(24,25)20-18(23)19-17-14-7-3-5-12(14)11-13-6-4-8-15(13)17;15-8-14-13-11-5-1-3-9(11)7-10-4-2-6-12(10)13;1-7(2)5(8)3-4-11(6,9)10/h11H,3-10H2,1-2H3,(H2,19,20,23);7H,1-6H2;3-4H2,1-2H3,(H2,6,9,10). The molecule has 2 aromatic carbocycles. The molecule has 0 spiro atoms. The number of urea groups is 1. The molecule has 0 saturated heterocycles. The van der Waals surface area contributed by atoms with Crippen molar-refractivity contribution in [1.82, 2.24) is 14.5 Å². The monoisotopic (exact) mass is 758 g/mol. The Balaban J connectivity index is 0.000000196. The van der Waals surface area contributed by atoms with Gasteiger partial charge in [0.25, 0.3) is 0 Å². The smallest absolute Gasteiger partial charge is 0.332 e. The van der Waals surface area contributed by atoms with E-state index in [-0.39, 0.29) is 30.4 Å². The number of nitrogens with one attached hydrogen (secondary N) is 2. The minimum absolute atomic E-state index is 0.0498. The van der Waals surface area contributed by atoms with Crippen molar-refractivity contribution in [3.63, 3.8) is 0 Å². The highest BCUT2D eigenvalue weighted by Crippen LogP contribution is 2.40. The number of amides is 4. The largest absolute Gasteiger partial charge is 0.349 e. The fourth-order valence-electron chi connectivity index (χ4n) is 7.16. The van der Waals surface area contributed by atoms with Crippen molar-refractivity contribution in [1.29, 1.82) is 0 Å². The van der Waals surface area contributed by atoms with Crippen LogP contribution in [0, 0.1) is 0 Å². The van der Waals surface area contributed by atoms with E-state index in [0.29, 0.717) is 0 Å². The summed E-state index contributed by atoms with van der Waals surface area (Å²) in [5.74, 6) is -1.24. The van der Waals surface area contributed by atoms with Gasteiger partial charge in [-0.25, -0.2) is 36.3 Å². The first kappa shape index (κ1) is 40.7. The summed E-state index contributed by atoms with van der Waals surface area (Å²) >= 11 is 0. The van der Waals surface area contributed by atoms with Gasteiger partial charge in [-0.3, -0.25) is 9.59 Å². The van der Waals surface area contributed by atoms with E-state index in [4.69, 9.17) is 0 Å². The first-order valence-electron chi connectivity index (χ1n) is 17.6. The van der Waals surface area contributed by atoms with E-state index in [1.54, 1.807) is 34.3 Å². The van der Waals surface area contributed by atoms with Gasteiger partial charge in [0.1, 0.15) is 0 Å². The zero-order valence-corrected chi connectivity index (χ0v) is 32.1. The second kappa shape index (κ2) is 17.6. The van der Waals surface area contributed by atoms with Crippen LogP contribution in [0.5, 0.6) is 0 Å². The minimum Gasteiger partial charge on any atom is -0.349 e. The van der Waals surface area contributed by atoms with Gasteiger partial charge in [0.05, 0.1) is 17.2 Å². The molecule has 52 heavy (non-hydrogen) atoms. The number of rotatable bonds is 9. The average Bonchev–Trinajstić information content (AvgIpc) is 3.89. The number of anilines is 1. The molecule has 4 N–H and O–H groups in total. The first-order chi connectivity index (χ1) is 24.5. The maximum Gasteiger partial charge on any atom is 0.332 e. The topological polar surface area (TPSA) is 205 Å². The number of carbonyl (C=O) groups is 3. The molecule has 6 rings (SSSR count). The van der Waals surface area contributed by atoms with Crippen LogP contribution in [0.3, 0.4) is 0 Å². The number of fused-ring (bicyclic) bond motifs is 4. The number of sulfonamides is 2. The number of carbonyl (C=O) groups excluding carboxylic acids is 4. The third-order valence-electron chi connectivity index (χ3n) is 9.74. The Morgan fingerprint density at radius 1 is 0.692 bits per heavy atom. The number of primary sulfonamides is 1. The van der Waals surface area contributed by atoms with E-state index >= 15 is 0 Å². The molecule has 0 bridgehead atoms. The van der Waals surface area contributed by atoms with E-state index in [1.165, 1.54) is 56.0 Å². The highest BCUT2D eigenvalue weighted by molar-refractivity contribution is 7.90. The molecule has 0 radical (unpaired) electrons. The predicted octanol–water partition coefficient (Wildman–Crippen LogP) is 2.98. The molecule has 4 amide bonds. The Bertz CT molecular complexity index is 1910. The lowest BCUT2D eigenvalue weighted by atomic mass is 9.99. The second-order valence-electron chi connectivity index (χ2n) is 14.0. The molecule has 0 unspecified atom stereocenters. The van der Waals surface area contributed by atoms with Crippen molar-refractivity contribution in [3.05, 3.63) is 56.6 Å². The SMILES string of the molecule is CN(C)C(=O)CCS(=O)(=O)NC(=O)Nc1c2c(cc3c1CCC3)CCC2.CN(C)C(=O)CCS(N)(=O)=O.O=C=Nc1c2c(cc3c1CCC3)CCC2. The summed E-state index contributed by atoms with van der Waals surface area (Å²) in [5.41, 5.74) is 12.0. The molecule has 0 aromatic heterocycles. The van der Waals surface area contributed by atoms with E-state index in [9.17, 15) is 36.0 Å². The third kappa shape index (κ3) is 11.0. The van der Waals surface area contributed by atoms with Crippen LogP contribution >= 0.6 is 0 Å². The Morgan fingerprint density at radius 2 is 1.10 bits per heavy atom. The van der Waals surface area contributed by atoms with Gasteiger partial charge in [-0.05, 0) is 122 Å². The Morgan fingerprint density at radius 3 is 1.50 bits per heavy atom. The van der Waals surface area contributed by atoms with E-state index < -0.39 is 31.8 Å². The molecular weight excluding hydrogens is 709 g/mol. The van der Waals surface area contributed by atoms with Crippen LogP contribution in [0.4, 0.5) is 16.2 Å². The normalized spacial score (nSPS) is 14.9. The summed E-state index contributed by atoms with van der Waals surface area (Å²) < 4.78 is 46.9. The molecule has 16 heteroatoms. The first-order valence-corrected chi connectivity index (χ1v) is 21.0. The van der Waals surface area contributed by atoms with Gasteiger partial charge in [0.15, 0.2) is 0 Å². The summed E-state index contributed by atoms with van der Waals surface area (Å²) in [6.45, 7) is 0. The van der Waals surface area contributed by atoms with Crippen LogP contribution < -0.4 is 15.2 Å². The van der Waals surface area contributed by atoms with Crippen molar-refractivity contribution in [2.45, 2.75) is 89.9 Å². The molecule has 284 valence electrons. The number of aryl methyl sites for hydroxylation is 4. The maximum absolute atomic E-state index is 12.3. The number of isocyanates is 1. The van der Waals surface area contributed by atoms with E-state index in [1.807, 2.05) is 4.72 Å². The number of benzene rings is 2. The fourth-order valence-corrected chi connectivity index (χ4v) is 8.50. The summed E-state index contributed by atoms with van der Waals surface area (Å²) in [7, 11) is -1.12. The molecular formula is C36H50N6O8S2. The highest BCUT2D eigenvalue weighted by Gasteiger charge is 2.27. The number of hydrogen-bond acceptors (Lipinski definition) is 9. The maximum atomic E-state index is 12.3. The second-order valence-corrected chi connectivity index (χ2v) is 17.5. The number of nitrogens with zero attached hydrogens (tertiary/aromatic N) is 3. The Labute approximate surface area is 306 Å². The number of aliphatic imine (C=N–C) groups is 1. The zero-order valence-electron chi connectivity index (χ0n) is 30.5. The average molecular weight is 759 g/mol. The molecule has 0 saturated carbocycles. The van der Waals surface area contributed by atoms with Gasteiger partial charge in [0, 0.05) is 46.7 Å². The van der Waals surface area contributed by atoms with E-state index in [2.05, 4.69) is 27.6 Å². The Hall–Kier alpha value is -4.11. The van der Waals surface area contributed by atoms with Crippen LogP contribution in [0.25, 0.3) is 0 Å². The van der Waals surface area contributed by atoms with Crippen molar-refractivity contribution in [2.75, 3.05) is 45.0 Å². The molecule has 4 aliphatic rings. The Kier molecular flexibility index (Phi) is 13.8. The quantitative estimate of drug-likeness (QED) is 0.256. The highest BCUT2D eigenvalue weighted by atomic mass is 32.2. The lowest BCUT2D eigenvalue weighted by Gasteiger charge is -2.16. The van der Waals surface area contributed by atoms with Crippen molar-refractivity contribution in [3.8, 4) is 0 Å². The predicted molar refractivity (Wildman–Crippen MR) is 199 cm³/mol. The van der Waals surface area contributed by atoms with Crippen LogP contribution in [-0.2, 0) is 85.8 Å². The van der Waals surface area contributed by atoms with Crippen LogP contribution in [0.1, 0.15) is 83.0 Å². The molecule has 0 fully saturated rings. The van der Waals surface area contributed by atoms with Crippen molar-refractivity contribution >= 4 is 55.3 Å². The molecule has 14 nitrogen and oxygen atoms in total. The summed E-state index contributed by atoms with van der Waals surface area (Å²) in [6.07, 6.45) is 14.3. The van der Waals surface area contributed by atoms with Gasteiger partial charge in [-0.15, -0.1) is 0 Å².